The van der Waals surface area contributed by atoms with E-state index in [-0.39, 0.29) is 5.82 Å². The van der Waals surface area contributed by atoms with E-state index in [2.05, 4.69) is 6.92 Å². The summed E-state index contributed by atoms with van der Waals surface area (Å²) in [7, 11) is 0. The summed E-state index contributed by atoms with van der Waals surface area (Å²) >= 11 is 0. The van der Waals surface area contributed by atoms with Crippen LogP contribution in [0.1, 0.15) is 19.8 Å². The third-order valence-electron chi connectivity index (χ3n) is 1.79. The van der Waals surface area contributed by atoms with Crippen molar-refractivity contribution in [3.63, 3.8) is 0 Å². The first-order valence-electron chi connectivity index (χ1n) is 4.87. The molecule has 14 heavy (non-hydrogen) atoms. The summed E-state index contributed by atoms with van der Waals surface area (Å²) in [5.41, 5.74) is 0. The molecule has 76 valence electrons. The number of para-hydroxylation sites is 1. The van der Waals surface area contributed by atoms with E-state index in [1.807, 2.05) is 12.2 Å². The fourth-order valence-corrected chi connectivity index (χ4v) is 1.05. The van der Waals surface area contributed by atoms with Crippen LogP contribution in [0.4, 0.5) is 4.39 Å². The number of benzene rings is 1. The fourth-order valence-electron chi connectivity index (χ4n) is 1.05. The summed E-state index contributed by atoms with van der Waals surface area (Å²) in [6.45, 7) is 2.54. The van der Waals surface area contributed by atoms with Gasteiger partial charge in [-0.1, -0.05) is 37.6 Å². The number of unbranched alkanes of at least 4 members (excludes halogenated alkanes) is 1. The van der Waals surface area contributed by atoms with Gasteiger partial charge in [0.2, 0.25) is 0 Å². The zero-order valence-corrected chi connectivity index (χ0v) is 8.37. The van der Waals surface area contributed by atoms with Gasteiger partial charge in [-0.25, -0.2) is 4.39 Å². The van der Waals surface area contributed by atoms with Gasteiger partial charge in [-0.3, -0.25) is 0 Å². The average molecular weight is 194 g/mol. The highest BCUT2D eigenvalue weighted by Crippen LogP contribution is 2.14. The van der Waals surface area contributed by atoms with Gasteiger partial charge in [0.15, 0.2) is 11.6 Å². The Balaban J connectivity index is 2.35. The minimum atomic E-state index is -0.309. The Labute approximate surface area is 84.2 Å². The second kappa shape index (κ2) is 6.19. The molecule has 0 saturated heterocycles. The second-order valence-electron chi connectivity index (χ2n) is 3.00. The molecule has 1 aromatic carbocycles. The number of ether oxygens (including phenoxy) is 1. The van der Waals surface area contributed by atoms with Crippen molar-refractivity contribution < 1.29 is 9.13 Å². The lowest BCUT2D eigenvalue weighted by Gasteiger charge is -2.03. The fraction of sp³-hybridized carbons (Fsp3) is 0.333. The maximum absolute atomic E-state index is 13.0. The third-order valence-corrected chi connectivity index (χ3v) is 1.79. The van der Waals surface area contributed by atoms with Gasteiger partial charge in [0.05, 0.1) is 0 Å². The van der Waals surface area contributed by atoms with Crippen LogP contribution in [0, 0.1) is 5.82 Å². The van der Waals surface area contributed by atoms with Gasteiger partial charge < -0.3 is 4.74 Å². The smallest absolute Gasteiger partial charge is 0.165 e. The molecule has 1 aromatic rings. The van der Waals surface area contributed by atoms with Crippen LogP contribution in [0.5, 0.6) is 5.75 Å². The molecule has 0 saturated carbocycles. The van der Waals surface area contributed by atoms with Crippen LogP contribution in [-0.2, 0) is 0 Å². The monoisotopic (exact) mass is 194 g/mol. The molecule has 0 aliphatic carbocycles. The molecule has 0 unspecified atom stereocenters. The van der Waals surface area contributed by atoms with E-state index in [1.54, 1.807) is 18.2 Å². The van der Waals surface area contributed by atoms with Gasteiger partial charge in [0.25, 0.3) is 0 Å². The number of allylic oxidation sites excluding steroid dienone is 1. The van der Waals surface area contributed by atoms with Gasteiger partial charge in [0.1, 0.15) is 6.61 Å². The highest BCUT2D eigenvalue weighted by atomic mass is 19.1. The first kappa shape index (κ1) is 10.8. The van der Waals surface area contributed by atoms with E-state index < -0.39 is 0 Å². The molecule has 0 heterocycles. The van der Waals surface area contributed by atoms with Crippen LogP contribution >= 0.6 is 0 Å². The molecule has 0 aromatic heterocycles. The van der Waals surface area contributed by atoms with Gasteiger partial charge >= 0.3 is 0 Å². The normalized spacial score (nSPS) is 10.7. The van der Waals surface area contributed by atoms with Crippen LogP contribution in [0.25, 0.3) is 0 Å². The topological polar surface area (TPSA) is 9.23 Å². The van der Waals surface area contributed by atoms with Crippen molar-refractivity contribution in [1.82, 2.24) is 0 Å². The van der Waals surface area contributed by atoms with Crippen LogP contribution in [-0.4, -0.2) is 6.61 Å². The molecule has 0 bridgehead atoms. The Bertz CT molecular complexity index is 294. The third kappa shape index (κ3) is 3.60. The van der Waals surface area contributed by atoms with E-state index in [9.17, 15) is 4.39 Å². The summed E-state index contributed by atoms with van der Waals surface area (Å²) in [5, 5.41) is 0. The lowest BCUT2D eigenvalue weighted by molar-refractivity contribution is 0.341. The number of rotatable bonds is 5. The van der Waals surface area contributed by atoms with Crippen LogP contribution in [0.2, 0.25) is 0 Å². The Hall–Kier alpha value is -1.31. The number of halogens is 1. The van der Waals surface area contributed by atoms with Crippen LogP contribution in [0.3, 0.4) is 0 Å². The Morgan fingerprint density at radius 3 is 2.79 bits per heavy atom. The zero-order valence-electron chi connectivity index (χ0n) is 8.37. The molecule has 1 rings (SSSR count). The maximum atomic E-state index is 13.0. The van der Waals surface area contributed by atoms with E-state index in [0.717, 1.165) is 12.8 Å². The number of hydrogen-bond donors (Lipinski definition) is 0. The molecule has 0 amide bonds. The summed E-state index contributed by atoms with van der Waals surface area (Å²) in [6.07, 6.45) is 6.12. The SMILES string of the molecule is CCCC=CCOc1ccccc1F. The molecule has 0 N–H and O–H groups in total. The molecule has 2 heteroatoms. The van der Waals surface area contributed by atoms with Crippen molar-refractivity contribution in [3.8, 4) is 5.75 Å². The number of hydrogen-bond acceptors (Lipinski definition) is 1. The molecule has 0 aliphatic heterocycles. The Morgan fingerprint density at radius 1 is 1.29 bits per heavy atom. The van der Waals surface area contributed by atoms with Crippen molar-refractivity contribution >= 4 is 0 Å². The molecule has 0 aliphatic rings. The molecule has 1 nitrogen and oxygen atoms in total. The van der Waals surface area contributed by atoms with Crippen molar-refractivity contribution in [1.29, 1.82) is 0 Å². The summed E-state index contributed by atoms with van der Waals surface area (Å²) in [6, 6.07) is 6.43. The van der Waals surface area contributed by atoms with Crippen LogP contribution < -0.4 is 4.74 Å². The summed E-state index contributed by atoms with van der Waals surface area (Å²) in [4.78, 5) is 0. The molecule has 0 radical (unpaired) electrons. The molecule has 0 spiro atoms. The molecule has 0 atom stereocenters. The van der Waals surface area contributed by atoms with Gasteiger partial charge in [-0.2, -0.15) is 0 Å². The quantitative estimate of drug-likeness (QED) is 0.651. The Kier molecular flexibility index (Phi) is 4.76. The average Bonchev–Trinajstić information content (AvgIpc) is 2.20. The Morgan fingerprint density at radius 2 is 2.07 bits per heavy atom. The highest BCUT2D eigenvalue weighted by Gasteiger charge is 1.98. The van der Waals surface area contributed by atoms with Crippen molar-refractivity contribution in [2.24, 2.45) is 0 Å². The first-order valence-corrected chi connectivity index (χ1v) is 4.87. The predicted molar refractivity (Wildman–Crippen MR) is 55.9 cm³/mol. The minimum Gasteiger partial charge on any atom is -0.486 e. The van der Waals surface area contributed by atoms with Gasteiger partial charge in [0, 0.05) is 0 Å². The zero-order chi connectivity index (χ0) is 10.2. The summed E-state index contributed by atoms with van der Waals surface area (Å²) in [5.74, 6) is 0.00467. The molecular formula is C12H15FO. The van der Waals surface area contributed by atoms with E-state index in [4.69, 9.17) is 4.74 Å². The van der Waals surface area contributed by atoms with E-state index in [0.29, 0.717) is 12.4 Å². The minimum absolute atomic E-state index is 0.309. The predicted octanol–water partition coefficient (Wildman–Crippen LogP) is 3.56. The summed E-state index contributed by atoms with van der Waals surface area (Å²) < 4.78 is 18.2. The second-order valence-corrected chi connectivity index (χ2v) is 3.00. The van der Waals surface area contributed by atoms with Crippen molar-refractivity contribution in [2.45, 2.75) is 19.8 Å². The lowest BCUT2D eigenvalue weighted by Crippen LogP contribution is -1.95. The standard InChI is InChI=1S/C12H15FO/c1-2-3-4-7-10-14-12-9-6-5-8-11(12)13/h4-9H,2-3,10H2,1H3. The highest BCUT2D eigenvalue weighted by molar-refractivity contribution is 5.23. The van der Waals surface area contributed by atoms with Gasteiger partial charge in [-0.05, 0) is 18.6 Å². The maximum Gasteiger partial charge on any atom is 0.165 e. The first-order chi connectivity index (χ1) is 6.84. The van der Waals surface area contributed by atoms with Crippen molar-refractivity contribution in [3.05, 3.63) is 42.2 Å². The largest absolute Gasteiger partial charge is 0.486 e. The van der Waals surface area contributed by atoms with E-state index >= 15 is 0 Å². The molecule has 0 fully saturated rings. The van der Waals surface area contributed by atoms with Crippen LogP contribution in [0.15, 0.2) is 36.4 Å². The van der Waals surface area contributed by atoms with Crippen molar-refractivity contribution in [2.75, 3.05) is 6.61 Å². The van der Waals surface area contributed by atoms with E-state index in [1.165, 1.54) is 6.07 Å². The van der Waals surface area contributed by atoms with Gasteiger partial charge in [-0.15, -0.1) is 0 Å². The molecular weight excluding hydrogens is 179 g/mol. The lowest BCUT2D eigenvalue weighted by atomic mass is 10.3.